The van der Waals surface area contributed by atoms with Crippen LogP contribution in [-0.4, -0.2) is 31.5 Å². The van der Waals surface area contributed by atoms with Crippen LogP contribution in [0.5, 0.6) is 0 Å². The molecule has 25 heavy (non-hydrogen) atoms. The standard InChI is InChI=1S/C20H24N4O/c1-6-7-24(5)19-10-15(11-21)16(8-14(19)3)17-12-23-18(9-13(17)2)20(25)22-4/h8-10,12H,6-7H2,1-5H3,(H,22,25). The molecule has 1 aromatic carbocycles. The minimum Gasteiger partial charge on any atom is -0.374 e. The molecule has 0 atom stereocenters. The SMILES string of the molecule is CCCN(C)c1cc(C#N)c(-c2cnc(C(=O)NC)cc2C)cc1C. The molecule has 0 saturated heterocycles. The van der Waals surface area contributed by atoms with Crippen molar-refractivity contribution in [2.75, 3.05) is 25.5 Å². The molecule has 1 N–H and O–H groups in total. The lowest BCUT2D eigenvalue weighted by Crippen LogP contribution is -2.19. The minimum absolute atomic E-state index is 0.220. The van der Waals surface area contributed by atoms with Crippen LogP contribution in [0.2, 0.25) is 0 Å². The first-order valence-corrected chi connectivity index (χ1v) is 8.37. The largest absolute Gasteiger partial charge is 0.374 e. The van der Waals surface area contributed by atoms with E-state index in [9.17, 15) is 10.1 Å². The van der Waals surface area contributed by atoms with Crippen molar-refractivity contribution in [3.8, 4) is 17.2 Å². The van der Waals surface area contributed by atoms with Gasteiger partial charge in [-0.05, 0) is 49.6 Å². The fourth-order valence-corrected chi connectivity index (χ4v) is 2.97. The molecule has 0 aliphatic heterocycles. The van der Waals surface area contributed by atoms with Gasteiger partial charge in [0.1, 0.15) is 5.69 Å². The van der Waals surface area contributed by atoms with Gasteiger partial charge in [0.05, 0.1) is 11.6 Å². The van der Waals surface area contributed by atoms with Crippen LogP contribution in [0.25, 0.3) is 11.1 Å². The summed E-state index contributed by atoms with van der Waals surface area (Å²) in [5, 5.41) is 12.2. The molecule has 2 rings (SSSR count). The Balaban J connectivity index is 2.55. The highest BCUT2D eigenvalue weighted by Crippen LogP contribution is 2.32. The van der Waals surface area contributed by atoms with Gasteiger partial charge < -0.3 is 10.2 Å². The highest BCUT2D eigenvalue weighted by Gasteiger charge is 2.15. The number of aromatic nitrogens is 1. The molecule has 5 nitrogen and oxygen atoms in total. The predicted molar refractivity (Wildman–Crippen MR) is 101 cm³/mol. The van der Waals surface area contributed by atoms with Crippen molar-refractivity contribution in [2.24, 2.45) is 0 Å². The van der Waals surface area contributed by atoms with Crippen molar-refractivity contribution in [1.82, 2.24) is 10.3 Å². The van der Waals surface area contributed by atoms with Crippen molar-refractivity contribution in [3.05, 3.63) is 46.8 Å². The van der Waals surface area contributed by atoms with E-state index in [2.05, 4.69) is 28.2 Å². The first kappa shape index (κ1) is 18.5. The van der Waals surface area contributed by atoms with Crippen LogP contribution in [-0.2, 0) is 0 Å². The van der Waals surface area contributed by atoms with E-state index in [0.29, 0.717) is 11.3 Å². The Morgan fingerprint density at radius 2 is 1.96 bits per heavy atom. The molecular formula is C20H24N4O. The van der Waals surface area contributed by atoms with E-state index in [0.717, 1.165) is 40.9 Å². The summed E-state index contributed by atoms with van der Waals surface area (Å²) in [6.45, 7) is 7.05. The highest BCUT2D eigenvalue weighted by molar-refractivity contribution is 5.93. The highest BCUT2D eigenvalue weighted by atomic mass is 16.1. The Labute approximate surface area is 149 Å². The number of nitrogens with one attached hydrogen (secondary N) is 1. The molecule has 0 aliphatic rings. The quantitative estimate of drug-likeness (QED) is 0.908. The van der Waals surface area contributed by atoms with E-state index in [1.165, 1.54) is 0 Å². The lowest BCUT2D eigenvalue weighted by atomic mass is 9.94. The summed E-state index contributed by atoms with van der Waals surface area (Å²) in [7, 11) is 3.62. The number of nitrogens with zero attached hydrogens (tertiary/aromatic N) is 3. The summed E-state index contributed by atoms with van der Waals surface area (Å²) in [6.07, 6.45) is 2.72. The fraction of sp³-hybridized carbons (Fsp3) is 0.350. The van der Waals surface area contributed by atoms with Gasteiger partial charge >= 0.3 is 0 Å². The van der Waals surface area contributed by atoms with Gasteiger partial charge in [0.15, 0.2) is 0 Å². The maximum atomic E-state index is 11.7. The molecule has 2 aromatic rings. The van der Waals surface area contributed by atoms with Crippen molar-refractivity contribution < 1.29 is 4.79 Å². The number of hydrogen-bond acceptors (Lipinski definition) is 4. The molecule has 0 unspecified atom stereocenters. The minimum atomic E-state index is -0.220. The zero-order chi connectivity index (χ0) is 18.6. The van der Waals surface area contributed by atoms with Gasteiger partial charge in [0.25, 0.3) is 5.91 Å². The van der Waals surface area contributed by atoms with Crippen LogP contribution in [0, 0.1) is 25.2 Å². The van der Waals surface area contributed by atoms with Crippen LogP contribution in [0.1, 0.15) is 40.5 Å². The van der Waals surface area contributed by atoms with Gasteiger partial charge in [-0.2, -0.15) is 5.26 Å². The number of hydrogen-bond donors (Lipinski definition) is 1. The molecule has 5 heteroatoms. The van der Waals surface area contributed by atoms with Gasteiger partial charge in [-0.15, -0.1) is 0 Å². The van der Waals surface area contributed by atoms with E-state index in [4.69, 9.17) is 0 Å². The first-order chi connectivity index (χ1) is 11.9. The second-order valence-corrected chi connectivity index (χ2v) is 6.18. The van der Waals surface area contributed by atoms with Crippen LogP contribution < -0.4 is 10.2 Å². The van der Waals surface area contributed by atoms with Crippen molar-refractivity contribution >= 4 is 11.6 Å². The van der Waals surface area contributed by atoms with Crippen LogP contribution in [0.15, 0.2) is 24.4 Å². The molecule has 0 saturated carbocycles. The predicted octanol–water partition coefficient (Wildman–Crippen LogP) is 3.44. The summed E-state index contributed by atoms with van der Waals surface area (Å²) >= 11 is 0. The smallest absolute Gasteiger partial charge is 0.269 e. The molecule has 0 fully saturated rings. The van der Waals surface area contributed by atoms with Crippen molar-refractivity contribution in [1.29, 1.82) is 5.26 Å². The number of nitriles is 1. The number of carbonyl (C=O) groups excluding carboxylic acids is 1. The van der Waals surface area contributed by atoms with Gasteiger partial charge in [0, 0.05) is 43.7 Å². The molecule has 130 valence electrons. The van der Waals surface area contributed by atoms with E-state index in [1.807, 2.05) is 33.0 Å². The van der Waals surface area contributed by atoms with Crippen LogP contribution >= 0.6 is 0 Å². The average molecular weight is 336 g/mol. The maximum Gasteiger partial charge on any atom is 0.269 e. The Kier molecular flexibility index (Phi) is 5.76. The lowest BCUT2D eigenvalue weighted by Gasteiger charge is -2.22. The third-order valence-electron chi connectivity index (χ3n) is 4.29. The van der Waals surface area contributed by atoms with E-state index < -0.39 is 0 Å². The average Bonchev–Trinajstić information content (AvgIpc) is 2.60. The topological polar surface area (TPSA) is 69.0 Å². The maximum absolute atomic E-state index is 11.7. The third-order valence-corrected chi connectivity index (χ3v) is 4.29. The third kappa shape index (κ3) is 3.80. The molecule has 1 heterocycles. The molecular weight excluding hydrogens is 312 g/mol. The number of aryl methyl sites for hydroxylation is 2. The molecule has 0 spiro atoms. The zero-order valence-electron chi connectivity index (χ0n) is 15.5. The van der Waals surface area contributed by atoms with E-state index in [1.54, 1.807) is 19.3 Å². The van der Waals surface area contributed by atoms with Crippen LogP contribution in [0.4, 0.5) is 5.69 Å². The number of pyridine rings is 1. The second kappa shape index (κ2) is 7.80. The Morgan fingerprint density at radius 1 is 1.24 bits per heavy atom. The van der Waals surface area contributed by atoms with Gasteiger partial charge in [-0.3, -0.25) is 9.78 Å². The summed E-state index contributed by atoms with van der Waals surface area (Å²) in [4.78, 5) is 18.2. The number of amides is 1. The molecule has 1 amide bonds. The number of benzene rings is 1. The number of anilines is 1. The normalized spacial score (nSPS) is 10.2. The molecule has 0 bridgehead atoms. The van der Waals surface area contributed by atoms with Crippen molar-refractivity contribution in [2.45, 2.75) is 27.2 Å². The molecule has 0 aliphatic carbocycles. The number of carbonyl (C=O) groups is 1. The molecule has 0 radical (unpaired) electrons. The Hall–Kier alpha value is -2.87. The second-order valence-electron chi connectivity index (χ2n) is 6.18. The summed E-state index contributed by atoms with van der Waals surface area (Å²) in [5.74, 6) is -0.220. The van der Waals surface area contributed by atoms with Crippen LogP contribution in [0.3, 0.4) is 0 Å². The first-order valence-electron chi connectivity index (χ1n) is 8.37. The van der Waals surface area contributed by atoms with E-state index in [-0.39, 0.29) is 5.91 Å². The zero-order valence-corrected chi connectivity index (χ0v) is 15.5. The fourth-order valence-electron chi connectivity index (χ4n) is 2.97. The summed E-state index contributed by atoms with van der Waals surface area (Å²) in [5.41, 5.74) is 5.80. The summed E-state index contributed by atoms with van der Waals surface area (Å²) < 4.78 is 0. The Morgan fingerprint density at radius 3 is 2.52 bits per heavy atom. The van der Waals surface area contributed by atoms with Crippen molar-refractivity contribution in [3.63, 3.8) is 0 Å². The Bertz CT molecular complexity index is 836. The summed E-state index contributed by atoms with van der Waals surface area (Å²) in [6, 6.07) is 8.02. The number of rotatable bonds is 5. The monoisotopic (exact) mass is 336 g/mol. The van der Waals surface area contributed by atoms with Gasteiger partial charge in [-0.1, -0.05) is 6.92 Å². The van der Waals surface area contributed by atoms with Gasteiger partial charge in [0.2, 0.25) is 0 Å². The lowest BCUT2D eigenvalue weighted by molar-refractivity contribution is 0.0958. The van der Waals surface area contributed by atoms with Gasteiger partial charge in [-0.25, -0.2) is 0 Å². The molecule has 1 aromatic heterocycles. The van der Waals surface area contributed by atoms with E-state index >= 15 is 0 Å².